The fourth-order valence-electron chi connectivity index (χ4n) is 1.65. The second kappa shape index (κ2) is 4.19. The third-order valence-corrected chi connectivity index (χ3v) is 3.03. The molecule has 0 radical (unpaired) electrons. The van der Waals surface area contributed by atoms with Gasteiger partial charge in [0.2, 0.25) is 13.9 Å². The van der Waals surface area contributed by atoms with Crippen molar-refractivity contribution in [2.45, 2.75) is 13.3 Å². The molecule has 1 heterocycles. The first-order valence-electron chi connectivity index (χ1n) is 5.50. The van der Waals surface area contributed by atoms with E-state index >= 15 is 0 Å². The van der Waals surface area contributed by atoms with Crippen LogP contribution in [0.5, 0.6) is 5.88 Å². The number of ether oxygens (including phenoxy) is 1. The van der Waals surface area contributed by atoms with Crippen LogP contribution < -0.4 is 15.5 Å². The molecule has 86 valence electrons. The van der Waals surface area contributed by atoms with Crippen molar-refractivity contribution in [2.75, 3.05) is 11.8 Å². The summed E-state index contributed by atoms with van der Waals surface area (Å²) >= 11 is 0. The number of aryl methyl sites for hydroxylation is 1. The average molecular weight is 221 g/mol. The molecule has 1 saturated carbocycles. The van der Waals surface area contributed by atoms with Crippen LogP contribution in [0.3, 0.4) is 0 Å². The van der Waals surface area contributed by atoms with Gasteiger partial charge in [0.25, 0.3) is 5.56 Å². The lowest BCUT2D eigenvalue weighted by molar-refractivity contribution is 0.275. The Balaban J connectivity index is 2.09. The molecule has 1 fully saturated rings. The van der Waals surface area contributed by atoms with Gasteiger partial charge in [0.1, 0.15) is 0 Å². The summed E-state index contributed by atoms with van der Waals surface area (Å²) in [5.74, 6) is 1.92. The number of nitrogens with zero attached hydrogens (tertiary/aromatic N) is 2. The summed E-state index contributed by atoms with van der Waals surface area (Å²) in [5, 5.41) is 6.88. The van der Waals surface area contributed by atoms with Gasteiger partial charge < -0.3 is 9.96 Å². The summed E-state index contributed by atoms with van der Waals surface area (Å²) in [7, 11) is 3.33. The Morgan fingerprint density at radius 1 is 1.75 bits per heavy atom. The van der Waals surface area contributed by atoms with E-state index in [9.17, 15) is 4.79 Å². The van der Waals surface area contributed by atoms with E-state index in [1.165, 1.54) is 11.1 Å². The van der Waals surface area contributed by atoms with Crippen LogP contribution in [0.4, 0.5) is 5.69 Å². The zero-order valence-electron chi connectivity index (χ0n) is 9.86. The number of hydrogen-bond acceptors (Lipinski definition) is 4. The molecule has 1 aliphatic rings. The van der Waals surface area contributed by atoms with E-state index in [1.807, 2.05) is 0 Å². The van der Waals surface area contributed by atoms with Crippen LogP contribution in [0.25, 0.3) is 0 Å². The molecule has 1 aliphatic carbocycles. The molecule has 16 heavy (non-hydrogen) atoms. The summed E-state index contributed by atoms with van der Waals surface area (Å²) in [6, 6.07) is 1.65. The maximum absolute atomic E-state index is 11.5. The van der Waals surface area contributed by atoms with E-state index in [4.69, 9.17) is 4.74 Å². The van der Waals surface area contributed by atoms with Gasteiger partial charge in [0.15, 0.2) is 0 Å². The average Bonchev–Trinajstić information content (AvgIpc) is 2.96. The highest BCUT2D eigenvalue weighted by atomic mass is 16.5. The predicted octanol–water partition coefficient (Wildman–Crippen LogP) is -0.225. The quantitative estimate of drug-likeness (QED) is 0.714. The Kier molecular flexibility index (Phi) is 2.89. The highest BCUT2D eigenvalue weighted by Gasteiger charge is 2.33. The van der Waals surface area contributed by atoms with Crippen LogP contribution >= 0.6 is 0 Å². The van der Waals surface area contributed by atoms with E-state index in [0.29, 0.717) is 24.1 Å². The largest absolute Gasteiger partial charge is 0.476 e. The standard InChI is InChI=1S/C10H16BN3O2/c1-6-3-7(6)5-16-9-4-8(12-11)10(15)14(2)13-9/h4,6-7,12H,3,5,11H2,1-2H3/t6-,7?/m0/s1. The molecular weight excluding hydrogens is 205 g/mol. The molecule has 0 saturated heterocycles. The second-order valence-corrected chi connectivity index (χ2v) is 4.36. The lowest BCUT2D eigenvalue weighted by Gasteiger charge is -2.08. The Bertz CT molecular complexity index is 446. The maximum atomic E-state index is 11.5. The molecule has 0 aliphatic heterocycles. The van der Waals surface area contributed by atoms with Gasteiger partial charge in [0, 0.05) is 13.1 Å². The molecule has 2 atom stereocenters. The summed E-state index contributed by atoms with van der Waals surface area (Å²) in [6.45, 7) is 2.90. The summed E-state index contributed by atoms with van der Waals surface area (Å²) < 4.78 is 6.86. The van der Waals surface area contributed by atoms with Crippen molar-refractivity contribution in [3.05, 3.63) is 16.4 Å². The Labute approximate surface area is 95.2 Å². The van der Waals surface area contributed by atoms with Crippen molar-refractivity contribution >= 4 is 13.7 Å². The van der Waals surface area contributed by atoms with Crippen LogP contribution in [0, 0.1) is 11.8 Å². The lowest BCUT2D eigenvalue weighted by Crippen LogP contribution is -2.23. The van der Waals surface area contributed by atoms with Crippen LogP contribution in [0.15, 0.2) is 10.9 Å². The number of aromatic nitrogens is 2. The van der Waals surface area contributed by atoms with Gasteiger partial charge >= 0.3 is 0 Å². The smallest absolute Gasteiger partial charge is 0.288 e. The van der Waals surface area contributed by atoms with Crippen molar-refractivity contribution in [3.63, 3.8) is 0 Å². The Morgan fingerprint density at radius 2 is 2.44 bits per heavy atom. The molecule has 2 rings (SSSR count). The number of anilines is 1. The fourth-order valence-corrected chi connectivity index (χ4v) is 1.65. The van der Waals surface area contributed by atoms with Gasteiger partial charge in [-0.05, 0) is 18.3 Å². The summed E-state index contributed by atoms with van der Waals surface area (Å²) in [4.78, 5) is 11.5. The minimum atomic E-state index is -0.144. The van der Waals surface area contributed by atoms with E-state index in [2.05, 4.69) is 17.3 Å². The molecule has 1 unspecified atom stereocenters. The summed E-state index contributed by atoms with van der Waals surface area (Å²) in [6.07, 6.45) is 1.23. The molecule has 6 heteroatoms. The normalized spacial score (nSPS) is 22.9. The fraction of sp³-hybridized carbons (Fsp3) is 0.600. The van der Waals surface area contributed by atoms with Crippen molar-refractivity contribution in [2.24, 2.45) is 18.9 Å². The van der Waals surface area contributed by atoms with Crippen LogP contribution in [0.2, 0.25) is 0 Å². The van der Waals surface area contributed by atoms with Gasteiger partial charge in [-0.15, -0.1) is 5.10 Å². The van der Waals surface area contributed by atoms with Crippen LogP contribution in [0.1, 0.15) is 13.3 Å². The van der Waals surface area contributed by atoms with E-state index in [0.717, 1.165) is 5.92 Å². The molecule has 5 nitrogen and oxygen atoms in total. The predicted molar refractivity (Wildman–Crippen MR) is 64.4 cm³/mol. The van der Waals surface area contributed by atoms with E-state index in [1.54, 1.807) is 21.1 Å². The third kappa shape index (κ3) is 2.20. The second-order valence-electron chi connectivity index (χ2n) is 4.36. The molecule has 1 aromatic heterocycles. The van der Waals surface area contributed by atoms with Gasteiger partial charge in [-0.2, -0.15) is 0 Å². The molecular formula is C10H16BN3O2. The van der Waals surface area contributed by atoms with Crippen molar-refractivity contribution in [1.29, 1.82) is 0 Å². The monoisotopic (exact) mass is 221 g/mol. The van der Waals surface area contributed by atoms with Gasteiger partial charge in [-0.3, -0.25) is 4.79 Å². The van der Waals surface area contributed by atoms with Crippen molar-refractivity contribution in [1.82, 2.24) is 9.78 Å². The SMILES string of the molecule is BNc1cc(OCC2C[C@@H]2C)nn(C)c1=O. The first-order chi connectivity index (χ1) is 7.61. The first-order valence-corrected chi connectivity index (χ1v) is 5.50. The lowest BCUT2D eigenvalue weighted by atomic mass is 10.3. The zero-order chi connectivity index (χ0) is 11.7. The Morgan fingerprint density at radius 3 is 3.00 bits per heavy atom. The number of rotatable bonds is 4. The van der Waals surface area contributed by atoms with Gasteiger partial charge in [-0.25, -0.2) is 4.68 Å². The Hall–Kier alpha value is -1.46. The molecule has 0 bridgehead atoms. The molecule has 1 N–H and O–H groups in total. The molecule has 0 spiro atoms. The highest BCUT2D eigenvalue weighted by molar-refractivity contribution is 6.15. The summed E-state index contributed by atoms with van der Waals surface area (Å²) in [5.41, 5.74) is 0.367. The highest BCUT2D eigenvalue weighted by Crippen LogP contribution is 2.37. The number of hydrogen-bond donors (Lipinski definition) is 1. The van der Waals surface area contributed by atoms with E-state index in [-0.39, 0.29) is 5.56 Å². The maximum Gasteiger partial charge on any atom is 0.288 e. The number of nitrogens with one attached hydrogen (secondary N) is 1. The molecule has 1 aromatic rings. The molecule has 0 aromatic carbocycles. The first kappa shape index (κ1) is 11.0. The van der Waals surface area contributed by atoms with Crippen LogP contribution in [-0.4, -0.2) is 24.4 Å². The van der Waals surface area contributed by atoms with Gasteiger partial charge in [-0.1, -0.05) is 6.92 Å². The topological polar surface area (TPSA) is 56.1 Å². The molecule has 0 amide bonds. The van der Waals surface area contributed by atoms with Crippen molar-refractivity contribution < 1.29 is 4.74 Å². The van der Waals surface area contributed by atoms with Crippen LogP contribution in [-0.2, 0) is 7.05 Å². The minimum Gasteiger partial charge on any atom is -0.476 e. The zero-order valence-corrected chi connectivity index (χ0v) is 9.86. The van der Waals surface area contributed by atoms with Gasteiger partial charge in [0.05, 0.1) is 12.3 Å². The van der Waals surface area contributed by atoms with Crippen molar-refractivity contribution in [3.8, 4) is 5.88 Å². The third-order valence-electron chi connectivity index (χ3n) is 3.03. The minimum absolute atomic E-state index is 0.144. The van der Waals surface area contributed by atoms with E-state index < -0.39 is 0 Å².